The van der Waals surface area contributed by atoms with Crippen molar-refractivity contribution < 1.29 is 4.79 Å². The van der Waals surface area contributed by atoms with Gasteiger partial charge in [-0.05, 0) is 43.9 Å². The lowest BCUT2D eigenvalue weighted by Crippen LogP contribution is -2.52. The number of thioether (sulfide) groups is 1. The monoisotopic (exact) mass is 256 g/mol. The van der Waals surface area contributed by atoms with E-state index >= 15 is 0 Å². The van der Waals surface area contributed by atoms with Gasteiger partial charge in [0.25, 0.3) is 0 Å². The Morgan fingerprint density at radius 3 is 3.06 bits per heavy atom. The molecule has 98 valence electrons. The number of piperidine rings is 1. The fourth-order valence-corrected chi connectivity index (χ4v) is 3.80. The molecule has 0 aromatic heterocycles. The summed E-state index contributed by atoms with van der Waals surface area (Å²) in [5.74, 6) is 3.31. The molecule has 3 atom stereocenters. The molecule has 4 heteroatoms. The summed E-state index contributed by atoms with van der Waals surface area (Å²) in [5, 5.41) is 6.56. The van der Waals surface area contributed by atoms with E-state index in [4.69, 9.17) is 0 Å². The Labute approximate surface area is 108 Å². The maximum absolute atomic E-state index is 12.1. The minimum absolute atomic E-state index is 0.0561. The first-order chi connectivity index (χ1) is 8.29. The number of amides is 1. The number of rotatable bonds is 3. The van der Waals surface area contributed by atoms with E-state index in [1.54, 1.807) is 0 Å². The van der Waals surface area contributed by atoms with E-state index in [2.05, 4.69) is 17.6 Å². The summed E-state index contributed by atoms with van der Waals surface area (Å²) in [5.41, 5.74) is 0. The number of hydrogen-bond donors (Lipinski definition) is 2. The Bertz CT molecular complexity index is 254. The molecule has 2 heterocycles. The lowest BCUT2D eigenvalue weighted by molar-refractivity contribution is -0.124. The highest BCUT2D eigenvalue weighted by Gasteiger charge is 2.27. The highest BCUT2D eigenvalue weighted by molar-refractivity contribution is 7.99. The summed E-state index contributed by atoms with van der Waals surface area (Å²) < 4.78 is 0. The molecule has 0 spiro atoms. The zero-order valence-electron chi connectivity index (χ0n) is 10.7. The van der Waals surface area contributed by atoms with Crippen molar-refractivity contribution in [3.8, 4) is 0 Å². The molecular weight excluding hydrogens is 232 g/mol. The van der Waals surface area contributed by atoms with Gasteiger partial charge in [0, 0.05) is 11.8 Å². The van der Waals surface area contributed by atoms with Crippen molar-refractivity contribution in [2.75, 3.05) is 18.1 Å². The second-order valence-electron chi connectivity index (χ2n) is 5.23. The van der Waals surface area contributed by atoms with Crippen LogP contribution in [0.2, 0.25) is 0 Å². The van der Waals surface area contributed by atoms with Crippen LogP contribution in [0.15, 0.2) is 0 Å². The molecule has 0 saturated carbocycles. The second kappa shape index (κ2) is 6.64. The van der Waals surface area contributed by atoms with Crippen LogP contribution in [0.5, 0.6) is 0 Å². The molecule has 17 heavy (non-hydrogen) atoms. The fraction of sp³-hybridized carbons (Fsp3) is 0.923. The molecule has 2 fully saturated rings. The second-order valence-corrected chi connectivity index (χ2v) is 6.38. The third-order valence-electron chi connectivity index (χ3n) is 3.91. The Kier molecular flexibility index (Phi) is 5.16. The van der Waals surface area contributed by atoms with Crippen molar-refractivity contribution in [3.63, 3.8) is 0 Å². The van der Waals surface area contributed by atoms with Crippen molar-refractivity contribution in [3.05, 3.63) is 0 Å². The fourth-order valence-electron chi connectivity index (χ4n) is 2.72. The number of hydrogen-bond acceptors (Lipinski definition) is 3. The van der Waals surface area contributed by atoms with Gasteiger partial charge < -0.3 is 10.6 Å². The van der Waals surface area contributed by atoms with Gasteiger partial charge in [0.05, 0.1) is 6.04 Å². The maximum Gasteiger partial charge on any atom is 0.237 e. The van der Waals surface area contributed by atoms with E-state index in [-0.39, 0.29) is 11.9 Å². The Balaban J connectivity index is 1.78. The van der Waals surface area contributed by atoms with Gasteiger partial charge in [-0.3, -0.25) is 4.79 Å². The van der Waals surface area contributed by atoms with Crippen LogP contribution in [-0.2, 0) is 4.79 Å². The molecule has 0 radical (unpaired) electrons. The summed E-state index contributed by atoms with van der Waals surface area (Å²) in [6.07, 6.45) is 5.83. The zero-order chi connectivity index (χ0) is 12.1. The number of carbonyl (C=O) groups is 1. The van der Waals surface area contributed by atoms with Crippen LogP contribution in [0.3, 0.4) is 0 Å². The van der Waals surface area contributed by atoms with Crippen molar-refractivity contribution in [2.24, 2.45) is 5.92 Å². The van der Waals surface area contributed by atoms with Gasteiger partial charge in [0.15, 0.2) is 0 Å². The summed E-state index contributed by atoms with van der Waals surface area (Å²) in [7, 11) is 0. The van der Waals surface area contributed by atoms with Crippen LogP contribution in [-0.4, -0.2) is 36.0 Å². The van der Waals surface area contributed by atoms with E-state index < -0.39 is 0 Å². The van der Waals surface area contributed by atoms with E-state index in [1.165, 1.54) is 25.0 Å². The predicted octanol–water partition coefficient (Wildman–Crippen LogP) is 1.78. The first-order valence-electron chi connectivity index (χ1n) is 6.91. The van der Waals surface area contributed by atoms with E-state index in [1.807, 2.05) is 11.8 Å². The number of carbonyl (C=O) groups excluding carboxylic acids is 1. The molecular formula is C13H24N2OS. The third kappa shape index (κ3) is 3.88. The predicted molar refractivity (Wildman–Crippen MR) is 73.3 cm³/mol. The molecule has 1 amide bonds. The molecule has 0 aliphatic carbocycles. The summed E-state index contributed by atoms with van der Waals surface area (Å²) in [6.45, 7) is 3.22. The van der Waals surface area contributed by atoms with E-state index in [0.717, 1.165) is 31.1 Å². The minimum Gasteiger partial charge on any atom is -0.351 e. The Morgan fingerprint density at radius 2 is 2.35 bits per heavy atom. The van der Waals surface area contributed by atoms with Gasteiger partial charge in [-0.2, -0.15) is 11.8 Å². The van der Waals surface area contributed by atoms with Crippen LogP contribution in [0.4, 0.5) is 0 Å². The molecule has 0 bridgehead atoms. The molecule has 2 aliphatic rings. The normalized spacial score (nSPS) is 34.3. The maximum atomic E-state index is 12.1. The average molecular weight is 256 g/mol. The standard InChI is InChI=1S/C13H24N2OS/c1-2-10-5-6-14-12(8-10)13(16)15-11-4-3-7-17-9-11/h10-12,14H,2-9H2,1H3,(H,15,16). The van der Waals surface area contributed by atoms with Gasteiger partial charge in [-0.25, -0.2) is 0 Å². The quantitative estimate of drug-likeness (QED) is 0.809. The largest absolute Gasteiger partial charge is 0.351 e. The van der Waals surface area contributed by atoms with Crippen molar-refractivity contribution in [1.82, 2.24) is 10.6 Å². The van der Waals surface area contributed by atoms with Crippen LogP contribution < -0.4 is 10.6 Å². The SMILES string of the molecule is CCC1CCNC(C(=O)NC2CCCSC2)C1. The molecule has 3 nitrogen and oxygen atoms in total. The van der Waals surface area contributed by atoms with E-state index in [0.29, 0.717) is 6.04 Å². The lowest BCUT2D eigenvalue weighted by Gasteiger charge is -2.31. The average Bonchev–Trinajstić information content (AvgIpc) is 2.40. The zero-order valence-corrected chi connectivity index (χ0v) is 11.5. The highest BCUT2D eigenvalue weighted by Crippen LogP contribution is 2.21. The molecule has 0 aromatic rings. The molecule has 2 N–H and O–H groups in total. The first-order valence-corrected chi connectivity index (χ1v) is 8.06. The summed E-state index contributed by atoms with van der Waals surface area (Å²) >= 11 is 1.96. The molecule has 3 unspecified atom stereocenters. The highest BCUT2D eigenvalue weighted by atomic mass is 32.2. The topological polar surface area (TPSA) is 41.1 Å². The molecule has 2 saturated heterocycles. The van der Waals surface area contributed by atoms with Crippen LogP contribution in [0, 0.1) is 5.92 Å². The third-order valence-corrected chi connectivity index (χ3v) is 5.13. The Hall–Kier alpha value is -0.220. The van der Waals surface area contributed by atoms with Gasteiger partial charge in [-0.15, -0.1) is 0 Å². The summed E-state index contributed by atoms with van der Waals surface area (Å²) in [6, 6.07) is 0.464. The Morgan fingerprint density at radius 1 is 1.47 bits per heavy atom. The smallest absolute Gasteiger partial charge is 0.237 e. The van der Waals surface area contributed by atoms with Crippen LogP contribution in [0.1, 0.15) is 39.0 Å². The van der Waals surface area contributed by atoms with Gasteiger partial charge in [0.1, 0.15) is 0 Å². The van der Waals surface area contributed by atoms with Crippen molar-refractivity contribution in [1.29, 1.82) is 0 Å². The van der Waals surface area contributed by atoms with Crippen LogP contribution >= 0.6 is 11.8 Å². The molecule has 2 aliphatic heterocycles. The molecule has 0 aromatic carbocycles. The summed E-state index contributed by atoms with van der Waals surface area (Å²) in [4.78, 5) is 12.1. The van der Waals surface area contributed by atoms with Gasteiger partial charge >= 0.3 is 0 Å². The van der Waals surface area contributed by atoms with E-state index in [9.17, 15) is 4.79 Å². The number of nitrogens with one attached hydrogen (secondary N) is 2. The first kappa shape index (κ1) is 13.2. The van der Waals surface area contributed by atoms with Crippen LogP contribution in [0.25, 0.3) is 0 Å². The van der Waals surface area contributed by atoms with Gasteiger partial charge in [0.2, 0.25) is 5.91 Å². The molecule has 2 rings (SSSR count). The lowest BCUT2D eigenvalue weighted by atomic mass is 9.90. The van der Waals surface area contributed by atoms with Crippen molar-refractivity contribution >= 4 is 17.7 Å². The van der Waals surface area contributed by atoms with Crippen molar-refractivity contribution in [2.45, 2.75) is 51.1 Å². The minimum atomic E-state index is 0.0561. The van der Waals surface area contributed by atoms with Gasteiger partial charge in [-0.1, -0.05) is 13.3 Å².